The Balaban J connectivity index is 1.33. The van der Waals surface area contributed by atoms with Gasteiger partial charge in [0.15, 0.2) is 0 Å². The number of para-hydroxylation sites is 1. The zero-order valence-corrected chi connectivity index (χ0v) is 22.9. The second kappa shape index (κ2) is 11.6. The van der Waals surface area contributed by atoms with E-state index in [-0.39, 0.29) is 11.0 Å². The van der Waals surface area contributed by atoms with Crippen LogP contribution in [0.1, 0.15) is 40.9 Å². The maximum atomic E-state index is 11.3. The molecule has 41 heavy (non-hydrogen) atoms. The molecule has 2 aliphatic heterocycles. The van der Waals surface area contributed by atoms with Gasteiger partial charge in [-0.05, 0) is 53.4 Å². The van der Waals surface area contributed by atoms with Gasteiger partial charge in [-0.3, -0.25) is 0 Å². The van der Waals surface area contributed by atoms with E-state index in [4.69, 9.17) is 9.47 Å². The number of fused-ring (bicyclic) bond motifs is 1. The third kappa shape index (κ3) is 5.72. The Morgan fingerprint density at radius 3 is 2.24 bits per heavy atom. The van der Waals surface area contributed by atoms with Crippen molar-refractivity contribution in [3.63, 3.8) is 0 Å². The molecule has 0 saturated carbocycles. The summed E-state index contributed by atoms with van der Waals surface area (Å²) >= 11 is 0. The van der Waals surface area contributed by atoms with Gasteiger partial charge in [0.2, 0.25) is 6.29 Å². The summed E-state index contributed by atoms with van der Waals surface area (Å²) in [7, 11) is 0. The van der Waals surface area contributed by atoms with Gasteiger partial charge >= 0.3 is 5.97 Å². The Kier molecular flexibility index (Phi) is 8.17. The molecule has 0 aromatic heterocycles. The van der Waals surface area contributed by atoms with Gasteiger partial charge < -0.3 is 39.9 Å². The summed E-state index contributed by atoms with van der Waals surface area (Å²) in [6.07, 6.45) is -3.86. The molecule has 5 atom stereocenters. The van der Waals surface area contributed by atoms with E-state index in [9.17, 15) is 30.3 Å². The molecule has 1 saturated heterocycles. The molecule has 0 amide bonds. The highest BCUT2D eigenvalue weighted by Gasteiger charge is 2.44. The predicted octanol–water partition coefficient (Wildman–Crippen LogP) is 2.99. The first-order valence-electron chi connectivity index (χ1n) is 13.6. The number of benzene rings is 3. The van der Waals surface area contributed by atoms with Crippen molar-refractivity contribution in [2.75, 3.05) is 11.5 Å². The van der Waals surface area contributed by atoms with Crippen LogP contribution in [0.2, 0.25) is 0 Å². The lowest BCUT2D eigenvalue weighted by atomic mass is 9.83. The molecular weight excluding hydrogens is 526 g/mol. The molecule has 0 unspecified atom stereocenters. The lowest BCUT2D eigenvalue weighted by molar-refractivity contribution is -0.277. The van der Waals surface area contributed by atoms with Crippen LogP contribution in [0.3, 0.4) is 0 Å². The van der Waals surface area contributed by atoms with Crippen LogP contribution in [0.4, 0.5) is 5.69 Å². The fourth-order valence-electron chi connectivity index (χ4n) is 5.53. The van der Waals surface area contributed by atoms with Gasteiger partial charge in [-0.1, -0.05) is 62.4 Å². The molecule has 9 nitrogen and oxygen atoms in total. The minimum Gasteiger partial charge on any atom is -0.478 e. The monoisotopic (exact) mass is 561 g/mol. The van der Waals surface area contributed by atoms with E-state index >= 15 is 0 Å². The van der Waals surface area contributed by atoms with Crippen LogP contribution in [0.25, 0.3) is 0 Å². The maximum Gasteiger partial charge on any atom is 0.335 e. The largest absolute Gasteiger partial charge is 0.478 e. The molecule has 0 spiro atoms. The molecule has 1 fully saturated rings. The van der Waals surface area contributed by atoms with Gasteiger partial charge in [-0.25, -0.2) is 4.79 Å². The number of hydrogen-bond donors (Lipinski definition) is 5. The van der Waals surface area contributed by atoms with Crippen LogP contribution in [-0.4, -0.2) is 68.8 Å². The third-order valence-electron chi connectivity index (χ3n) is 7.90. The van der Waals surface area contributed by atoms with E-state index in [1.807, 2.05) is 36.4 Å². The number of ether oxygens (including phenoxy) is 2. The van der Waals surface area contributed by atoms with Gasteiger partial charge in [-0.15, -0.1) is 0 Å². The normalized spacial score (nSPS) is 26.1. The second-order valence-electron chi connectivity index (χ2n) is 11.0. The average molecular weight is 562 g/mol. The first-order valence-corrected chi connectivity index (χ1v) is 13.6. The number of aliphatic hydroxyl groups is 4. The van der Waals surface area contributed by atoms with Crippen LogP contribution >= 0.6 is 0 Å². The summed E-state index contributed by atoms with van der Waals surface area (Å²) in [6, 6.07) is 22.6. The van der Waals surface area contributed by atoms with E-state index < -0.39 is 43.3 Å². The summed E-state index contributed by atoms with van der Waals surface area (Å²) in [5.74, 6) is -0.542. The first kappa shape index (κ1) is 28.8. The van der Waals surface area contributed by atoms with E-state index in [0.29, 0.717) is 18.7 Å². The van der Waals surface area contributed by atoms with Gasteiger partial charge in [0, 0.05) is 23.3 Å². The lowest BCUT2D eigenvalue weighted by Gasteiger charge is -2.39. The van der Waals surface area contributed by atoms with Gasteiger partial charge in [0.1, 0.15) is 30.2 Å². The molecule has 0 aliphatic carbocycles. The van der Waals surface area contributed by atoms with E-state index in [0.717, 1.165) is 22.5 Å². The van der Waals surface area contributed by atoms with Gasteiger partial charge in [-0.2, -0.15) is 0 Å². The van der Waals surface area contributed by atoms with Crippen LogP contribution in [0, 0.1) is 0 Å². The third-order valence-corrected chi connectivity index (χ3v) is 7.90. The molecule has 5 N–H and O–H groups in total. The lowest BCUT2D eigenvalue weighted by Crippen LogP contribution is -2.60. The molecule has 0 radical (unpaired) electrons. The number of aromatic carboxylic acids is 1. The zero-order valence-electron chi connectivity index (χ0n) is 22.9. The number of carboxylic acid groups (broad SMARTS) is 1. The van der Waals surface area contributed by atoms with Gasteiger partial charge in [0.25, 0.3) is 0 Å². The molecule has 9 heteroatoms. The van der Waals surface area contributed by atoms with Crippen LogP contribution in [0.5, 0.6) is 5.75 Å². The highest BCUT2D eigenvalue weighted by atomic mass is 16.7. The Hall–Kier alpha value is -3.73. The Labute approximate surface area is 238 Å². The summed E-state index contributed by atoms with van der Waals surface area (Å²) < 4.78 is 11.2. The molecule has 216 valence electrons. The number of hydrogen-bond acceptors (Lipinski definition) is 8. The second-order valence-corrected chi connectivity index (χ2v) is 11.0. The number of carbonyl (C=O) groups is 1. The minimum atomic E-state index is -1.51. The maximum absolute atomic E-state index is 11.3. The summed E-state index contributed by atoms with van der Waals surface area (Å²) in [5, 5.41) is 48.9. The number of aliphatic hydroxyl groups excluding tert-OH is 4. The zero-order chi connectivity index (χ0) is 29.3. The van der Waals surface area contributed by atoms with Crippen LogP contribution < -0.4 is 9.64 Å². The van der Waals surface area contributed by atoms with Crippen molar-refractivity contribution in [1.82, 2.24) is 0 Å². The minimum absolute atomic E-state index is 0.246. The molecule has 2 aliphatic rings. The molecule has 5 rings (SSSR count). The van der Waals surface area contributed by atoms with E-state index in [2.05, 4.69) is 37.0 Å². The van der Waals surface area contributed by atoms with Crippen LogP contribution in [-0.2, 0) is 23.1 Å². The Morgan fingerprint density at radius 1 is 0.927 bits per heavy atom. The number of nitrogens with zero attached hydrogens (tertiary/aromatic N) is 1. The van der Waals surface area contributed by atoms with Crippen molar-refractivity contribution in [3.8, 4) is 5.75 Å². The summed E-state index contributed by atoms with van der Waals surface area (Å²) in [6.45, 7) is 4.46. The van der Waals surface area contributed by atoms with Crippen molar-refractivity contribution in [2.24, 2.45) is 0 Å². The van der Waals surface area contributed by atoms with Crippen molar-refractivity contribution in [1.29, 1.82) is 0 Å². The highest BCUT2D eigenvalue weighted by molar-refractivity contribution is 5.87. The first-order chi connectivity index (χ1) is 19.6. The summed E-state index contributed by atoms with van der Waals surface area (Å²) in [4.78, 5) is 13.6. The predicted molar refractivity (Wildman–Crippen MR) is 152 cm³/mol. The fourth-order valence-corrected chi connectivity index (χ4v) is 5.53. The number of allylic oxidation sites excluding steroid dienone is 2. The standard InChI is InChI=1S/C32H35NO8/c1-32(2)23-5-3-4-6-24(23)33(17-20-7-12-21(13-8-20)30(38)39)26(32)16-11-19-9-14-22(15-10-19)40-31-29(37)28(36)27(35)25(18-34)41-31/h3-10,12-16,25,27-29,31,34-37H,11,17-18H2,1-2H3,(H,38,39)/b26-16+/t25-,27+,28+,29-,31-/m1/s1. The molecule has 3 aromatic rings. The highest BCUT2D eigenvalue weighted by Crippen LogP contribution is 2.48. The van der Waals surface area contributed by atoms with Gasteiger partial charge in [0.05, 0.1) is 12.2 Å². The van der Waals surface area contributed by atoms with Crippen molar-refractivity contribution < 1.29 is 39.8 Å². The van der Waals surface area contributed by atoms with Crippen LogP contribution in [0.15, 0.2) is 84.6 Å². The topological polar surface area (TPSA) is 140 Å². The van der Waals surface area contributed by atoms with Crippen molar-refractivity contribution in [2.45, 2.75) is 62.9 Å². The molecular formula is C32H35NO8. The molecule has 2 heterocycles. The van der Waals surface area contributed by atoms with E-state index in [1.54, 1.807) is 24.3 Å². The quantitative estimate of drug-likeness (QED) is 0.281. The number of rotatable bonds is 8. The van der Waals surface area contributed by atoms with E-state index in [1.165, 1.54) is 5.56 Å². The fraction of sp³-hybridized carbons (Fsp3) is 0.344. The Morgan fingerprint density at radius 2 is 1.59 bits per heavy atom. The molecule has 3 aromatic carbocycles. The molecule has 0 bridgehead atoms. The van der Waals surface area contributed by atoms with Crippen molar-refractivity contribution >= 4 is 11.7 Å². The van der Waals surface area contributed by atoms with Crippen molar-refractivity contribution in [3.05, 3.63) is 107 Å². The summed E-state index contributed by atoms with van der Waals surface area (Å²) in [5.41, 5.74) is 5.52. The average Bonchev–Trinajstić information content (AvgIpc) is 3.18. The number of anilines is 1. The SMILES string of the molecule is CC1(C)/C(=C\Cc2ccc(O[C@@H]3O[C@H](CO)[C@H](O)[C@H](O)[C@H]3O)cc2)N(Cc2ccc(C(=O)O)cc2)c2ccccc21. The number of carboxylic acids is 1. The smallest absolute Gasteiger partial charge is 0.335 e. The Bertz CT molecular complexity index is 1400.